The molecule has 6 heteroatoms. The van der Waals surface area contributed by atoms with E-state index in [9.17, 15) is 0 Å². The Labute approximate surface area is 89.6 Å². The smallest absolute Gasteiger partial charge is 0.189 e. The minimum atomic E-state index is 0.341. The highest BCUT2D eigenvalue weighted by Gasteiger charge is 2.01. The molecule has 1 heterocycles. The van der Waals surface area contributed by atoms with Crippen molar-refractivity contribution < 1.29 is 0 Å². The predicted octanol–water partition coefficient (Wildman–Crippen LogP) is 0.0179. The molecule has 6 nitrogen and oxygen atoms in total. The zero-order valence-corrected chi connectivity index (χ0v) is 9.44. The summed E-state index contributed by atoms with van der Waals surface area (Å²) in [4.78, 5) is 4.18. The molecule has 15 heavy (non-hydrogen) atoms. The van der Waals surface area contributed by atoms with Crippen molar-refractivity contribution in [1.82, 2.24) is 20.1 Å². The second-order valence-corrected chi connectivity index (χ2v) is 3.51. The van der Waals surface area contributed by atoms with Crippen LogP contribution in [0.1, 0.15) is 26.1 Å². The lowest BCUT2D eigenvalue weighted by Gasteiger charge is -2.11. The zero-order valence-electron chi connectivity index (χ0n) is 9.44. The molecule has 1 unspecified atom stereocenters. The molecule has 1 aromatic heterocycles. The average Bonchev–Trinajstić information content (AvgIpc) is 2.61. The summed E-state index contributed by atoms with van der Waals surface area (Å²) in [7, 11) is 1.88. The number of rotatable bonds is 4. The van der Waals surface area contributed by atoms with Gasteiger partial charge in [-0.05, 0) is 13.3 Å². The normalized spacial score (nSPS) is 13.9. The Hall–Kier alpha value is -1.59. The molecule has 1 atom stereocenters. The third-order valence-corrected chi connectivity index (χ3v) is 2.20. The fourth-order valence-corrected chi connectivity index (χ4v) is 1.01. The molecule has 1 rings (SSSR count). The molecule has 0 aliphatic heterocycles. The van der Waals surface area contributed by atoms with Crippen LogP contribution in [0.4, 0.5) is 0 Å². The number of nitrogens with one attached hydrogen (secondary N) is 1. The van der Waals surface area contributed by atoms with Crippen LogP contribution in [0.25, 0.3) is 0 Å². The van der Waals surface area contributed by atoms with Crippen LogP contribution in [0.3, 0.4) is 0 Å². The number of hydrogen-bond acceptors (Lipinski definition) is 3. The molecular weight excluding hydrogens is 192 g/mol. The van der Waals surface area contributed by atoms with Crippen LogP contribution < -0.4 is 11.1 Å². The Kier molecular flexibility index (Phi) is 4.08. The van der Waals surface area contributed by atoms with Crippen molar-refractivity contribution in [3.05, 3.63) is 12.2 Å². The van der Waals surface area contributed by atoms with Crippen LogP contribution in [-0.4, -0.2) is 26.8 Å². The number of aryl methyl sites for hydroxylation is 1. The quantitative estimate of drug-likeness (QED) is 0.542. The van der Waals surface area contributed by atoms with Gasteiger partial charge in [0.05, 0.1) is 0 Å². The Morgan fingerprint density at radius 2 is 2.47 bits per heavy atom. The number of nitrogens with zero attached hydrogens (tertiary/aromatic N) is 4. The van der Waals surface area contributed by atoms with Crippen LogP contribution in [0, 0.1) is 0 Å². The van der Waals surface area contributed by atoms with Gasteiger partial charge in [-0.2, -0.15) is 0 Å². The molecule has 0 fully saturated rings. The van der Waals surface area contributed by atoms with Crippen LogP contribution in [0.2, 0.25) is 0 Å². The maximum atomic E-state index is 5.70. The Morgan fingerprint density at radius 3 is 3.00 bits per heavy atom. The minimum absolute atomic E-state index is 0.341. The van der Waals surface area contributed by atoms with Gasteiger partial charge in [-0.25, -0.2) is 4.99 Å². The molecule has 0 spiro atoms. The van der Waals surface area contributed by atoms with Gasteiger partial charge in [0.1, 0.15) is 12.9 Å². The number of hydrogen-bond donors (Lipinski definition) is 2. The number of aromatic nitrogens is 3. The first-order valence-electron chi connectivity index (χ1n) is 5.02. The van der Waals surface area contributed by atoms with Gasteiger partial charge in [0, 0.05) is 13.1 Å². The first-order chi connectivity index (χ1) is 7.13. The van der Waals surface area contributed by atoms with Crippen molar-refractivity contribution >= 4 is 5.96 Å². The van der Waals surface area contributed by atoms with Crippen LogP contribution in [0.5, 0.6) is 0 Å². The van der Waals surface area contributed by atoms with Crippen molar-refractivity contribution in [2.45, 2.75) is 32.9 Å². The van der Waals surface area contributed by atoms with E-state index >= 15 is 0 Å². The number of nitrogens with two attached hydrogens (primary N) is 1. The van der Waals surface area contributed by atoms with E-state index in [2.05, 4.69) is 34.4 Å². The predicted molar refractivity (Wildman–Crippen MR) is 59.2 cm³/mol. The summed E-state index contributed by atoms with van der Waals surface area (Å²) in [5.41, 5.74) is 5.70. The molecular formula is C9H18N6. The maximum absolute atomic E-state index is 5.70. The molecule has 0 aromatic carbocycles. The lowest BCUT2D eigenvalue weighted by molar-refractivity contribution is 0.635. The summed E-state index contributed by atoms with van der Waals surface area (Å²) >= 11 is 0. The standard InChI is InChI=1S/C9H18N6/c1-4-7(2)13-9(10)11-5-8-14-12-6-15(8)3/h6-7H,4-5H2,1-3H3,(H3,10,11,13). The summed E-state index contributed by atoms with van der Waals surface area (Å²) in [5, 5.41) is 10.8. The average molecular weight is 210 g/mol. The second kappa shape index (κ2) is 5.33. The van der Waals surface area contributed by atoms with Crippen molar-refractivity contribution in [2.75, 3.05) is 0 Å². The third-order valence-electron chi connectivity index (χ3n) is 2.20. The zero-order chi connectivity index (χ0) is 11.3. The monoisotopic (exact) mass is 210 g/mol. The summed E-state index contributed by atoms with van der Waals surface area (Å²) in [5.74, 6) is 1.25. The number of guanidine groups is 1. The van der Waals surface area contributed by atoms with Gasteiger partial charge in [0.15, 0.2) is 11.8 Å². The molecule has 3 N–H and O–H groups in total. The second-order valence-electron chi connectivity index (χ2n) is 3.51. The molecule has 84 valence electrons. The third kappa shape index (κ3) is 3.57. The summed E-state index contributed by atoms with van der Waals surface area (Å²) in [6, 6.07) is 0.341. The fraction of sp³-hybridized carbons (Fsp3) is 0.667. The molecule has 0 aliphatic carbocycles. The molecule has 0 saturated heterocycles. The van der Waals surface area contributed by atoms with E-state index < -0.39 is 0 Å². The summed E-state index contributed by atoms with van der Waals surface area (Å²) in [6.07, 6.45) is 2.66. The van der Waals surface area contributed by atoms with E-state index in [1.54, 1.807) is 6.33 Å². The van der Waals surface area contributed by atoms with Gasteiger partial charge in [-0.15, -0.1) is 10.2 Å². The highest BCUT2D eigenvalue weighted by Crippen LogP contribution is 1.94. The van der Waals surface area contributed by atoms with Gasteiger partial charge in [0.2, 0.25) is 0 Å². The maximum Gasteiger partial charge on any atom is 0.189 e. The molecule has 0 bridgehead atoms. The largest absolute Gasteiger partial charge is 0.370 e. The van der Waals surface area contributed by atoms with E-state index in [-0.39, 0.29) is 0 Å². The van der Waals surface area contributed by atoms with Crippen molar-refractivity contribution in [1.29, 1.82) is 0 Å². The van der Waals surface area contributed by atoms with E-state index in [0.717, 1.165) is 12.2 Å². The Bertz CT molecular complexity index is 329. The molecule has 0 amide bonds. The van der Waals surface area contributed by atoms with E-state index in [4.69, 9.17) is 5.73 Å². The number of aliphatic imine (C=N–C) groups is 1. The SMILES string of the molecule is CCC(C)NC(N)=NCc1nncn1C. The van der Waals surface area contributed by atoms with E-state index in [0.29, 0.717) is 18.5 Å². The first kappa shape index (κ1) is 11.5. The minimum Gasteiger partial charge on any atom is -0.370 e. The summed E-state index contributed by atoms with van der Waals surface area (Å²) < 4.78 is 1.82. The molecule has 0 radical (unpaired) electrons. The molecule has 1 aromatic rings. The Balaban J connectivity index is 2.47. The van der Waals surface area contributed by atoms with Gasteiger partial charge in [-0.1, -0.05) is 6.92 Å². The van der Waals surface area contributed by atoms with E-state index in [1.165, 1.54) is 0 Å². The lowest BCUT2D eigenvalue weighted by atomic mass is 10.3. The highest BCUT2D eigenvalue weighted by molar-refractivity contribution is 5.78. The van der Waals surface area contributed by atoms with Gasteiger partial charge >= 0.3 is 0 Å². The van der Waals surface area contributed by atoms with E-state index in [1.807, 2.05) is 11.6 Å². The van der Waals surface area contributed by atoms with Gasteiger partial charge in [-0.3, -0.25) is 0 Å². The van der Waals surface area contributed by atoms with Crippen LogP contribution in [0.15, 0.2) is 11.3 Å². The lowest BCUT2D eigenvalue weighted by Crippen LogP contribution is -2.38. The van der Waals surface area contributed by atoms with Crippen LogP contribution >= 0.6 is 0 Å². The molecule has 0 aliphatic rings. The first-order valence-corrected chi connectivity index (χ1v) is 5.02. The molecule has 0 saturated carbocycles. The van der Waals surface area contributed by atoms with Gasteiger partial charge < -0.3 is 15.6 Å². The topological polar surface area (TPSA) is 81.1 Å². The van der Waals surface area contributed by atoms with Crippen molar-refractivity contribution in [3.63, 3.8) is 0 Å². The fourth-order valence-electron chi connectivity index (χ4n) is 1.01. The van der Waals surface area contributed by atoms with Crippen LogP contribution in [-0.2, 0) is 13.6 Å². The Morgan fingerprint density at radius 1 is 1.73 bits per heavy atom. The van der Waals surface area contributed by atoms with Crippen molar-refractivity contribution in [3.8, 4) is 0 Å². The van der Waals surface area contributed by atoms with Crippen molar-refractivity contribution in [2.24, 2.45) is 17.8 Å². The highest BCUT2D eigenvalue weighted by atomic mass is 15.3. The van der Waals surface area contributed by atoms with Gasteiger partial charge in [0.25, 0.3) is 0 Å². The summed E-state index contributed by atoms with van der Waals surface area (Å²) in [6.45, 7) is 4.60.